The lowest BCUT2D eigenvalue weighted by Gasteiger charge is -2.21. The lowest BCUT2D eigenvalue weighted by atomic mass is 10.3. The highest BCUT2D eigenvalue weighted by Gasteiger charge is 2.38. The molecule has 0 radical (unpaired) electrons. The van der Waals surface area contributed by atoms with Gasteiger partial charge in [-0.25, -0.2) is 0 Å². The van der Waals surface area contributed by atoms with Crippen molar-refractivity contribution in [2.75, 3.05) is 12.3 Å². The van der Waals surface area contributed by atoms with Gasteiger partial charge in [-0.1, -0.05) is 0 Å². The Hall–Kier alpha value is -0.900. The summed E-state index contributed by atoms with van der Waals surface area (Å²) in [6.45, 7) is 2.85. The van der Waals surface area contributed by atoms with Crippen LogP contribution in [0, 0.1) is 12.8 Å². The molecule has 0 N–H and O–H groups in total. The molecule has 1 amide bonds. The summed E-state index contributed by atoms with van der Waals surface area (Å²) in [7, 11) is 0. The normalized spacial score (nSPS) is 25.4. The fraction of sp³-hybridized carbons (Fsp3) is 0.583. The Kier molecular flexibility index (Phi) is 2.46. The van der Waals surface area contributed by atoms with Crippen LogP contribution in [0.15, 0.2) is 16.5 Å². The number of rotatable bonds is 3. The molecule has 0 spiro atoms. The molecular formula is C12H15NO2S. The average Bonchev–Trinajstić information content (AvgIpc) is 2.87. The molecule has 1 aromatic rings. The van der Waals surface area contributed by atoms with Gasteiger partial charge in [-0.2, -0.15) is 0 Å². The third-order valence-corrected chi connectivity index (χ3v) is 4.34. The van der Waals surface area contributed by atoms with Crippen molar-refractivity contribution in [1.29, 1.82) is 0 Å². The van der Waals surface area contributed by atoms with Gasteiger partial charge in [0.2, 0.25) is 5.91 Å². The molecule has 1 saturated carbocycles. The Morgan fingerprint density at radius 2 is 2.31 bits per heavy atom. The van der Waals surface area contributed by atoms with Crippen LogP contribution in [0.2, 0.25) is 0 Å². The summed E-state index contributed by atoms with van der Waals surface area (Å²) in [4.78, 5) is 13.8. The summed E-state index contributed by atoms with van der Waals surface area (Å²) in [6, 6.07) is 3.96. The van der Waals surface area contributed by atoms with Crippen molar-refractivity contribution in [2.24, 2.45) is 5.92 Å². The molecule has 0 aromatic carbocycles. The van der Waals surface area contributed by atoms with Crippen LogP contribution in [0.5, 0.6) is 0 Å². The van der Waals surface area contributed by atoms with Crippen LogP contribution in [-0.4, -0.2) is 23.1 Å². The van der Waals surface area contributed by atoms with Crippen LogP contribution < -0.4 is 0 Å². The highest BCUT2D eigenvalue weighted by molar-refractivity contribution is 8.00. The summed E-state index contributed by atoms with van der Waals surface area (Å²) in [5.41, 5.74) is 0. The highest BCUT2D eigenvalue weighted by atomic mass is 32.2. The molecule has 4 heteroatoms. The van der Waals surface area contributed by atoms with Crippen LogP contribution in [0.1, 0.15) is 29.7 Å². The summed E-state index contributed by atoms with van der Waals surface area (Å²) in [5, 5.41) is 0.113. The number of carbonyl (C=O) groups is 1. The largest absolute Gasteiger partial charge is 0.463 e. The molecule has 1 atom stereocenters. The first-order valence-electron chi connectivity index (χ1n) is 5.71. The van der Waals surface area contributed by atoms with Gasteiger partial charge in [0, 0.05) is 6.54 Å². The number of amides is 1. The number of furan rings is 1. The van der Waals surface area contributed by atoms with E-state index in [1.54, 1.807) is 11.8 Å². The molecule has 1 aliphatic carbocycles. The minimum absolute atomic E-state index is 0.113. The molecule has 1 aromatic heterocycles. The van der Waals surface area contributed by atoms with E-state index in [9.17, 15) is 4.79 Å². The van der Waals surface area contributed by atoms with Crippen LogP contribution in [0.25, 0.3) is 0 Å². The predicted molar refractivity (Wildman–Crippen MR) is 63.1 cm³/mol. The smallest absolute Gasteiger partial charge is 0.233 e. The minimum Gasteiger partial charge on any atom is -0.463 e. The third-order valence-electron chi connectivity index (χ3n) is 3.12. The fourth-order valence-corrected chi connectivity index (χ4v) is 3.19. The number of hydrogen-bond donors (Lipinski definition) is 0. The van der Waals surface area contributed by atoms with Crippen molar-refractivity contribution in [3.63, 3.8) is 0 Å². The van der Waals surface area contributed by atoms with Crippen LogP contribution in [0.4, 0.5) is 0 Å². The van der Waals surface area contributed by atoms with E-state index >= 15 is 0 Å². The van der Waals surface area contributed by atoms with Gasteiger partial charge in [-0.05, 0) is 37.8 Å². The van der Waals surface area contributed by atoms with Gasteiger partial charge in [-0.15, -0.1) is 11.8 Å². The monoisotopic (exact) mass is 237 g/mol. The minimum atomic E-state index is 0.113. The second-order valence-electron chi connectivity index (χ2n) is 4.60. The Morgan fingerprint density at radius 3 is 2.94 bits per heavy atom. The number of thioether (sulfide) groups is 1. The Balaban J connectivity index is 1.79. The average molecular weight is 237 g/mol. The molecule has 3 nitrogen and oxygen atoms in total. The zero-order chi connectivity index (χ0) is 11.1. The van der Waals surface area contributed by atoms with E-state index in [1.165, 1.54) is 12.8 Å². The predicted octanol–water partition coefficient (Wildman–Crippen LogP) is 2.57. The first kappa shape index (κ1) is 10.3. The molecule has 2 aliphatic rings. The van der Waals surface area contributed by atoms with Crippen LogP contribution in [0.3, 0.4) is 0 Å². The van der Waals surface area contributed by atoms with Crippen molar-refractivity contribution in [3.05, 3.63) is 23.7 Å². The molecule has 86 valence electrons. The van der Waals surface area contributed by atoms with Crippen molar-refractivity contribution >= 4 is 17.7 Å². The van der Waals surface area contributed by atoms with Crippen molar-refractivity contribution in [3.8, 4) is 0 Å². The lowest BCUT2D eigenvalue weighted by molar-refractivity contribution is -0.128. The molecule has 16 heavy (non-hydrogen) atoms. The molecule has 2 heterocycles. The Morgan fingerprint density at radius 1 is 1.50 bits per heavy atom. The summed E-state index contributed by atoms with van der Waals surface area (Å²) in [6.07, 6.45) is 2.55. The van der Waals surface area contributed by atoms with Gasteiger partial charge >= 0.3 is 0 Å². The second-order valence-corrected chi connectivity index (χ2v) is 5.67. The lowest BCUT2D eigenvalue weighted by Crippen LogP contribution is -2.30. The van der Waals surface area contributed by atoms with Crippen molar-refractivity contribution in [1.82, 2.24) is 4.90 Å². The first-order valence-corrected chi connectivity index (χ1v) is 6.76. The van der Waals surface area contributed by atoms with Crippen LogP contribution >= 0.6 is 11.8 Å². The van der Waals surface area contributed by atoms with Gasteiger partial charge in [0.1, 0.15) is 16.9 Å². The summed E-state index contributed by atoms with van der Waals surface area (Å²) < 4.78 is 5.63. The maximum Gasteiger partial charge on any atom is 0.233 e. The van der Waals surface area contributed by atoms with Gasteiger partial charge in [0.05, 0.1) is 5.75 Å². The van der Waals surface area contributed by atoms with E-state index < -0.39 is 0 Å². The van der Waals surface area contributed by atoms with E-state index in [0.29, 0.717) is 5.75 Å². The van der Waals surface area contributed by atoms with E-state index in [2.05, 4.69) is 0 Å². The molecule has 3 rings (SSSR count). The topological polar surface area (TPSA) is 33.5 Å². The van der Waals surface area contributed by atoms with Gasteiger partial charge in [0.25, 0.3) is 0 Å². The standard InChI is InChI=1S/C12H15NO2S/c1-8-2-5-10(15-8)12-13(6-9-3-4-9)11(14)7-16-12/h2,5,9,12H,3-4,6-7H2,1H3. The Bertz CT molecular complexity index is 411. The Labute approximate surface area is 99.2 Å². The maximum absolute atomic E-state index is 11.8. The second kappa shape index (κ2) is 3.84. The quantitative estimate of drug-likeness (QED) is 0.810. The number of hydrogen-bond acceptors (Lipinski definition) is 3. The van der Waals surface area contributed by atoms with Crippen LogP contribution in [-0.2, 0) is 4.79 Å². The maximum atomic E-state index is 11.8. The zero-order valence-electron chi connectivity index (χ0n) is 9.31. The highest BCUT2D eigenvalue weighted by Crippen LogP contribution is 2.42. The summed E-state index contributed by atoms with van der Waals surface area (Å²) >= 11 is 1.68. The number of carbonyl (C=O) groups excluding carboxylic acids is 1. The van der Waals surface area contributed by atoms with E-state index in [0.717, 1.165) is 24.0 Å². The van der Waals surface area contributed by atoms with Gasteiger partial charge < -0.3 is 9.32 Å². The molecule has 1 aliphatic heterocycles. The molecule has 1 saturated heterocycles. The van der Waals surface area contributed by atoms with E-state index in [1.807, 2.05) is 24.0 Å². The van der Waals surface area contributed by atoms with Gasteiger partial charge in [-0.3, -0.25) is 4.79 Å². The van der Waals surface area contributed by atoms with E-state index in [-0.39, 0.29) is 11.3 Å². The van der Waals surface area contributed by atoms with Gasteiger partial charge in [0.15, 0.2) is 0 Å². The van der Waals surface area contributed by atoms with Crippen molar-refractivity contribution in [2.45, 2.75) is 25.1 Å². The molecular weight excluding hydrogens is 222 g/mol. The number of aryl methyl sites for hydroxylation is 1. The first-order chi connectivity index (χ1) is 7.74. The summed E-state index contributed by atoms with van der Waals surface area (Å²) in [5.74, 6) is 3.43. The van der Waals surface area contributed by atoms with E-state index in [4.69, 9.17) is 4.42 Å². The molecule has 2 fully saturated rings. The molecule has 1 unspecified atom stereocenters. The fourth-order valence-electron chi connectivity index (χ4n) is 2.05. The molecule has 0 bridgehead atoms. The third kappa shape index (κ3) is 1.86. The SMILES string of the molecule is Cc1ccc(C2SCC(=O)N2CC2CC2)o1. The zero-order valence-corrected chi connectivity index (χ0v) is 10.1. The number of nitrogens with zero attached hydrogens (tertiary/aromatic N) is 1. The van der Waals surface area contributed by atoms with Crippen molar-refractivity contribution < 1.29 is 9.21 Å².